The number of aromatic nitrogens is 4. The van der Waals surface area contributed by atoms with Crippen LogP contribution in [0.3, 0.4) is 0 Å². The van der Waals surface area contributed by atoms with Crippen LogP contribution in [0.15, 0.2) is 12.7 Å². The van der Waals surface area contributed by atoms with E-state index < -0.39 is 35.4 Å². The lowest BCUT2D eigenvalue weighted by Crippen LogP contribution is -2.46. The Morgan fingerprint density at radius 1 is 1.02 bits per heavy atom. The number of amides is 2. The third-order valence-electron chi connectivity index (χ3n) is 7.33. The van der Waals surface area contributed by atoms with Gasteiger partial charge in [-0.3, -0.25) is 9.88 Å². The minimum Gasteiger partial charge on any atom is -0.444 e. The van der Waals surface area contributed by atoms with Crippen LogP contribution in [0.5, 0.6) is 0 Å². The molecule has 2 amide bonds. The van der Waals surface area contributed by atoms with Crippen molar-refractivity contribution in [2.24, 2.45) is 5.92 Å². The fourth-order valence-corrected chi connectivity index (χ4v) is 5.73. The van der Waals surface area contributed by atoms with E-state index in [0.717, 1.165) is 19.4 Å². The minimum atomic E-state index is -0.790. The number of likely N-dealkylation sites (tertiary alicyclic amines) is 1. The standard InChI is InChI=1S/C29H45N7O7/c1-27(2,3)42-25(37)34-22-19-23(32-15-31-22)36(16-33-19)24-21-20(40-29(7,8)41-21)18(39-24)13-30-12-17-10-9-11-35(14-17)26(38)43-28(4,5)6/h15-18,20-21,24,30H,9-14H2,1-8H3,(H,31,32,34,37)/t17?,18-,20-,21-,24-/m1/s1. The number of anilines is 1. The van der Waals surface area contributed by atoms with Crippen molar-refractivity contribution in [1.82, 2.24) is 29.7 Å². The largest absolute Gasteiger partial charge is 0.444 e. The lowest BCUT2D eigenvalue weighted by molar-refractivity contribution is -0.195. The van der Waals surface area contributed by atoms with Crippen LogP contribution in [0.2, 0.25) is 0 Å². The molecule has 0 bridgehead atoms. The van der Waals surface area contributed by atoms with Crippen LogP contribution in [0, 0.1) is 5.92 Å². The Morgan fingerprint density at radius 2 is 1.74 bits per heavy atom. The SMILES string of the molecule is CC(C)(C)OC(=O)Nc1ncnc2c1ncn2[C@@H]1O[C@H](CNCC2CCCN(C(=O)OC(C)(C)C)C2)[C@H]2OC(C)(C)O[C@H]21. The van der Waals surface area contributed by atoms with Crippen molar-refractivity contribution in [3.8, 4) is 0 Å². The van der Waals surface area contributed by atoms with Crippen LogP contribution in [0.4, 0.5) is 15.4 Å². The molecule has 2 N–H and O–H groups in total. The monoisotopic (exact) mass is 603 g/mol. The van der Waals surface area contributed by atoms with Crippen LogP contribution in [-0.4, -0.2) is 98.1 Å². The van der Waals surface area contributed by atoms with E-state index in [4.69, 9.17) is 23.7 Å². The second-order valence-electron chi connectivity index (χ2n) is 13.9. The van der Waals surface area contributed by atoms with Crippen molar-refractivity contribution in [2.45, 2.75) is 110 Å². The summed E-state index contributed by atoms with van der Waals surface area (Å²) in [5.74, 6) is -0.249. The van der Waals surface area contributed by atoms with E-state index in [1.807, 2.05) is 34.6 Å². The third-order valence-corrected chi connectivity index (χ3v) is 7.33. The number of fused-ring (bicyclic) bond motifs is 2. The Kier molecular flexibility index (Phi) is 8.60. The first-order valence-corrected chi connectivity index (χ1v) is 15.0. The number of imidazole rings is 1. The molecule has 0 radical (unpaired) electrons. The molecule has 2 aromatic rings. The van der Waals surface area contributed by atoms with Gasteiger partial charge in [0, 0.05) is 19.6 Å². The normalized spacial score (nSPS) is 27.3. The van der Waals surface area contributed by atoms with E-state index in [0.29, 0.717) is 36.7 Å². The zero-order valence-electron chi connectivity index (χ0n) is 26.4. The summed E-state index contributed by atoms with van der Waals surface area (Å²) in [5.41, 5.74) is -0.294. The Hall–Kier alpha value is -3.07. The van der Waals surface area contributed by atoms with Crippen LogP contribution in [-0.2, 0) is 23.7 Å². The van der Waals surface area contributed by atoms with E-state index in [1.165, 1.54) is 6.33 Å². The number of hydrogen-bond donors (Lipinski definition) is 2. The Morgan fingerprint density at radius 3 is 2.47 bits per heavy atom. The summed E-state index contributed by atoms with van der Waals surface area (Å²) in [7, 11) is 0. The number of carbonyl (C=O) groups excluding carboxylic acids is 2. The van der Waals surface area contributed by atoms with Gasteiger partial charge < -0.3 is 33.9 Å². The molecule has 3 fully saturated rings. The van der Waals surface area contributed by atoms with Crippen molar-refractivity contribution in [1.29, 1.82) is 0 Å². The van der Waals surface area contributed by atoms with Gasteiger partial charge in [-0.25, -0.2) is 24.5 Å². The molecule has 14 heteroatoms. The highest BCUT2D eigenvalue weighted by atomic mass is 16.8. The molecule has 0 spiro atoms. The molecular weight excluding hydrogens is 558 g/mol. The number of hydrogen-bond acceptors (Lipinski definition) is 11. The maximum absolute atomic E-state index is 12.6. The fraction of sp³-hybridized carbons (Fsp3) is 0.759. The average molecular weight is 604 g/mol. The number of piperidine rings is 1. The number of ether oxygens (including phenoxy) is 5. The Labute approximate surface area is 252 Å². The summed E-state index contributed by atoms with van der Waals surface area (Å²) in [6.07, 6.45) is 2.44. The van der Waals surface area contributed by atoms with Gasteiger partial charge >= 0.3 is 12.2 Å². The molecule has 3 saturated heterocycles. The molecule has 2 aromatic heterocycles. The fourth-order valence-electron chi connectivity index (χ4n) is 5.73. The van der Waals surface area contributed by atoms with Crippen LogP contribution >= 0.6 is 0 Å². The lowest BCUT2D eigenvalue weighted by Gasteiger charge is -2.34. The van der Waals surface area contributed by atoms with E-state index >= 15 is 0 Å². The summed E-state index contributed by atoms with van der Waals surface area (Å²) in [4.78, 5) is 39.9. The van der Waals surface area contributed by atoms with Crippen molar-refractivity contribution in [3.05, 3.63) is 12.7 Å². The van der Waals surface area contributed by atoms with Crippen LogP contribution < -0.4 is 10.6 Å². The molecular formula is C29H45N7O7. The highest BCUT2D eigenvalue weighted by Gasteiger charge is 2.56. The van der Waals surface area contributed by atoms with E-state index in [9.17, 15) is 9.59 Å². The summed E-state index contributed by atoms with van der Waals surface area (Å²) < 4.78 is 31.8. The number of nitrogens with one attached hydrogen (secondary N) is 2. The third kappa shape index (κ3) is 7.54. The summed E-state index contributed by atoms with van der Waals surface area (Å²) >= 11 is 0. The average Bonchev–Trinajstić information content (AvgIpc) is 3.54. The minimum absolute atomic E-state index is 0.239. The molecule has 43 heavy (non-hydrogen) atoms. The lowest BCUT2D eigenvalue weighted by atomic mass is 9.98. The molecule has 5 heterocycles. The Balaban J connectivity index is 1.25. The molecule has 0 saturated carbocycles. The highest BCUT2D eigenvalue weighted by molar-refractivity contribution is 5.93. The van der Waals surface area contributed by atoms with Gasteiger partial charge in [0.15, 0.2) is 29.0 Å². The van der Waals surface area contributed by atoms with Gasteiger partial charge in [-0.05, 0) is 80.7 Å². The van der Waals surface area contributed by atoms with E-state index in [1.54, 1.807) is 36.6 Å². The maximum atomic E-state index is 12.6. The van der Waals surface area contributed by atoms with Crippen molar-refractivity contribution in [2.75, 3.05) is 31.5 Å². The predicted molar refractivity (Wildman–Crippen MR) is 156 cm³/mol. The van der Waals surface area contributed by atoms with Gasteiger partial charge in [0.25, 0.3) is 0 Å². The molecule has 238 valence electrons. The number of rotatable bonds is 6. The second kappa shape index (κ2) is 11.8. The van der Waals surface area contributed by atoms with Gasteiger partial charge in [-0.2, -0.15) is 0 Å². The number of nitrogens with zero attached hydrogens (tertiary/aromatic N) is 5. The quantitative estimate of drug-likeness (QED) is 0.496. The molecule has 3 aliphatic rings. The van der Waals surface area contributed by atoms with Crippen molar-refractivity contribution in [3.63, 3.8) is 0 Å². The van der Waals surface area contributed by atoms with E-state index in [-0.39, 0.29) is 24.1 Å². The van der Waals surface area contributed by atoms with E-state index in [2.05, 4.69) is 25.6 Å². The summed E-state index contributed by atoms with van der Waals surface area (Å²) in [6.45, 7) is 17.4. The first kappa shape index (κ1) is 31.4. The van der Waals surface area contributed by atoms with Gasteiger partial charge in [-0.15, -0.1) is 0 Å². The summed E-state index contributed by atoms with van der Waals surface area (Å²) in [6, 6.07) is 0. The first-order chi connectivity index (χ1) is 20.1. The van der Waals surface area contributed by atoms with Crippen LogP contribution in [0.1, 0.15) is 74.5 Å². The molecule has 0 aromatic carbocycles. The van der Waals surface area contributed by atoms with Crippen LogP contribution in [0.25, 0.3) is 11.2 Å². The van der Waals surface area contributed by atoms with Crippen molar-refractivity contribution < 1.29 is 33.3 Å². The van der Waals surface area contributed by atoms with Gasteiger partial charge in [0.1, 0.15) is 35.8 Å². The van der Waals surface area contributed by atoms with Gasteiger partial charge in [-0.1, -0.05) is 0 Å². The highest BCUT2D eigenvalue weighted by Crippen LogP contribution is 2.43. The first-order valence-electron chi connectivity index (χ1n) is 15.0. The smallest absolute Gasteiger partial charge is 0.413 e. The number of carbonyl (C=O) groups is 2. The van der Waals surface area contributed by atoms with Gasteiger partial charge in [0.2, 0.25) is 0 Å². The molecule has 14 nitrogen and oxygen atoms in total. The van der Waals surface area contributed by atoms with Gasteiger partial charge in [0.05, 0.1) is 6.33 Å². The second-order valence-corrected chi connectivity index (χ2v) is 13.9. The summed E-state index contributed by atoms with van der Waals surface area (Å²) in [5, 5.41) is 6.21. The molecule has 5 rings (SSSR count). The topological polar surface area (TPSA) is 151 Å². The molecule has 1 unspecified atom stereocenters. The maximum Gasteiger partial charge on any atom is 0.413 e. The zero-order chi connectivity index (χ0) is 31.2. The molecule has 5 atom stereocenters. The predicted octanol–water partition coefficient (Wildman–Crippen LogP) is 3.83. The van der Waals surface area contributed by atoms with Crippen molar-refractivity contribution >= 4 is 29.2 Å². The zero-order valence-corrected chi connectivity index (χ0v) is 26.4. The Bertz CT molecular complexity index is 1320. The molecule has 0 aliphatic carbocycles. The molecule has 3 aliphatic heterocycles.